The first-order valence-corrected chi connectivity index (χ1v) is 14.5. The molecule has 0 atom stereocenters. The lowest BCUT2D eigenvalue weighted by Crippen LogP contribution is -2.32. The third kappa shape index (κ3) is 8.85. The third-order valence-corrected chi connectivity index (χ3v) is 6.70. The van der Waals surface area contributed by atoms with Crippen molar-refractivity contribution in [3.05, 3.63) is 68.4 Å². The number of ether oxygens (including phenoxy) is 3. The Morgan fingerprint density at radius 3 is 2.29 bits per heavy atom. The Hall–Kier alpha value is -3.79. The van der Waals surface area contributed by atoms with Gasteiger partial charge in [-0.25, -0.2) is 19.4 Å². The largest absolute Gasteiger partial charge is 0.461 e. The minimum atomic E-state index is -0.659. The summed E-state index contributed by atoms with van der Waals surface area (Å²) in [4.78, 5) is 47.3. The molecule has 1 N–H and O–H groups in total. The van der Waals surface area contributed by atoms with Crippen LogP contribution in [0.25, 0.3) is 11.1 Å². The Morgan fingerprint density at radius 2 is 1.68 bits per heavy atom. The molecule has 0 fully saturated rings. The minimum Gasteiger partial charge on any atom is -0.461 e. The molecule has 0 bridgehead atoms. The van der Waals surface area contributed by atoms with Gasteiger partial charge >= 0.3 is 18.0 Å². The molecule has 10 heteroatoms. The highest BCUT2D eigenvalue weighted by Crippen LogP contribution is 2.34. The number of hydrogen-bond donors (Lipinski definition) is 1. The van der Waals surface area contributed by atoms with Crippen molar-refractivity contribution in [2.75, 3.05) is 6.61 Å². The molecule has 0 radical (unpaired) electrons. The molecule has 220 valence electrons. The Kier molecular flexibility index (Phi) is 10.6. The minimum absolute atomic E-state index is 0.114. The number of aromatic nitrogens is 2. The highest BCUT2D eigenvalue weighted by molar-refractivity contribution is 7.09. The van der Waals surface area contributed by atoms with Crippen LogP contribution in [-0.2, 0) is 33.8 Å². The number of pyridine rings is 1. The van der Waals surface area contributed by atoms with Crippen molar-refractivity contribution in [3.63, 3.8) is 0 Å². The normalized spacial score (nSPS) is 11.3. The van der Waals surface area contributed by atoms with Gasteiger partial charge in [0.15, 0.2) is 5.69 Å². The maximum atomic E-state index is 13.7. The van der Waals surface area contributed by atoms with Gasteiger partial charge in [-0.1, -0.05) is 43.7 Å². The summed E-state index contributed by atoms with van der Waals surface area (Å²) in [6, 6.07) is 7.84. The molecule has 2 heterocycles. The van der Waals surface area contributed by atoms with Crippen LogP contribution in [-0.4, -0.2) is 40.2 Å². The number of rotatable bonds is 10. The van der Waals surface area contributed by atoms with E-state index in [-0.39, 0.29) is 31.4 Å². The van der Waals surface area contributed by atoms with E-state index < -0.39 is 23.6 Å². The maximum absolute atomic E-state index is 13.7. The lowest BCUT2D eigenvalue weighted by atomic mass is 9.89. The summed E-state index contributed by atoms with van der Waals surface area (Å²) >= 11 is 1.21. The van der Waals surface area contributed by atoms with E-state index in [1.165, 1.54) is 11.3 Å². The second-order valence-corrected chi connectivity index (χ2v) is 12.1. The van der Waals surface area contributed by atoms with Gasteiger partial charge in [0.05, 0.1) is 17.9 Å². The molecular formula is C31H39N3O6S. The summed E-state index contributed by atoms with van der Waals surface area (Å²) < 4.78 is 16.2. The zero-order valence-electron chi connectivity index (χ0n) is 25.0. The molecule has 0 aliphatic carbocycles. The fourth-order valence-corrected chi connectivity index (χ4v) is 4.86. The van der Waals surface area contributed by atoms with E-state index in [2.05, 4.69) is 24.1 Å². The van der Waals surface area contributed by atoms with Crippen molar-refractivity contribution in [1.29, 1.82) is 0 Å². The highest BCUT2D eigenvalue weighted by Gasteiger charge is 2.26. The number of benzene rings is 1. The van der Waals surface area contributed by atoms with Gasteiger partial charge < -0.3 is 19.5 Å². The Bertz CT molecular complexity index is 1390. The number of thiazole rings is 1. The van der Waals surface area contributed by atoms with Crippen LogP contribution in [0.5, 0.6) is 0 Å². The van der Waals surface area contributed by atoms with Crippen LogP contribution < -0.4 is 5.32 Å². The Balaban J connectivity index is 2.04. The first kappa shape index (κ1) is 31.7. The first-order chi connectivity index (χ1) is 19.3. The summed E-state index contributed by atoms with van der Waals surface area (Å²) in [5.41, 5.74) is 4.39. The number of carbonyl (C=O) groups excluding carboxylic acids is 3. The summed E-state index contributed by atoms with van der Waals surface area (Å²) in [6.45, 7) is 15.3. The Labute approximate surface area is 245 Å². The monoisotopic (exact) mass is 581 g/mol. The number of nitrogens with one attached hydrogen (secondary N) is 1. The molecule has 0 aliphatic rings. The standard InChI is InChI=1S/C31H39N3O6S/c1-9-38-28(35)24-17-41-25(34-24)16-39-29(36)26-20(5)33-23(14-18(2)3)22(15-32-30(37)40-31(6,7)8)27(26)21-12-10-19(4)11-13-21/h10-13,17-18H,9,14-16H2,1-8H3,(H,32,37). The fraction of sp³-hybridized carbons (Fsp3) is 0.452. The number of hydrogen-bond acceptors (Lipinski definition) is 9. The van der Waals surface area contributed by atoms with E-state index in [1.54, 1.807) is 40.0 Å². The van der Waals surface area contributed by atoms with Crippen LogP contribution in [0, 0.1) is 19.8 Å². The fourth-order valence-electron chi connectivity index (χ4n) is 4.19. The summed E-state index contributed by atoms with van der Waals surface area (Å²) in [6.07, 6.45) is 0.0876. The van der Waals surface area contributed by atoms with Gasteiger partial charge in [-0.3, -0.25) is 4.98 Å². The zero-order valence-corrected chi connectivity index (χ0v) is 25.9. The maximum Gasteiger partial charge on any atom is 0.407 e. The van der Waals surface area contributed by atoms with Crippen molar-refractivity contribution in [3.8, 4) is 11.1 Å². The molecule has 0 aliphatic heterocycles. The molecule has 0 spiro atoms. The van der Waals surface area contributed by atoms with Crippen LogP contribution in [0.2, 0.25) is 0 Å². The van der Waals surface area contributed by atoms with Crippen LogP contribution in [0.1, 0.15) is 89.9 Å². The van der Waals surface area contributed by atoms with Crippen LogP contribution in [0.15, 0.2) is 29.6 Å². The zero-order chi connectivity index (χ0) is 30.3. The average molecular weight is 582 g/mol. The summed E-state index contributed by atoms with van der Waals surface area (Å²) in [7, 11) is 0. The molecule has 0 unspecified atom stereocenters. The van der Waals surface area contributed by atoms with Gasteiger partial charge in [0.2, 0.25) is 0 Å². The molecule has 41 heavy (non-hydrogen) atoms. The molecule has 1 aromatic carbocycles. The van der Waals surface area contributed by atoms with Crippen molar-refractivity contribution in [2.45, 2.75) is 80.6 Å². The van der Waals surface area contributed by atoms with E-state index in [9.17, 15) is 14.4 Å². The molecule has 9 nitrogen and oxygen atoms in total. The Morgan fingerprint density at radius 1 is 1.00 bits per heavy atom. The lowest BCUT2D eigenvalue weighted by molar-refractivity contribution is 0.0470. The van der Waals surface area contributed by atoms with E-state index in [1.807, 2.05) is 31.2 Å². The number of aryl methyl sites for hydroxylation is 2. The quantitative estimate of drug-likeness (QED) is 0.211. The van der Waals surface area contributed by atoms with Crippen LogP contribution >= 0.6 is 11.3 Å². The predicted molar refractivity (Wildman–Crippen MR) is 158 cm³/mol. The van der Waals surface area contributed by atoms with Gasteiger partial charge in [-0.15, -0.1) is 11.3 Å². The molecule has 2 aromatic heterocycles. The summed E-state index contributed by atoms with van der Waals surface area (Å²) in [5.74, 6) is -0.816. The SMILES string of the molecule is CCOC(=O)c1csc(COC(=O)c2c(C)nc(CC(C)C)c(CNC(=O)OC(C)(C)C)c2-c2ccc(C)cc2)n1. The van der Waals surface area contributed by atoms with E-state index in [4.69, 9.17) is 19.2 Å². The molecule has 3 aromatic rings. The lowest BCUT2D eigenvalue weighted by Gasteiger charge is -2.23. The molecular weight excluding hydrogens is 542 g/mol. The number of nitrogens with zero attached hydrogens (tertiary/aromatic N) is 2. The van der Waals surface area contributed by atoms with E-state index in [0.717, 1.165) is 22.4 Å². The van der Waals surface area contributed by atoms with E-state index >= 15 is 0 Å². The van der Waals surface area contributed by atoms with Gasteiger partial charge in [0.25, 0.3) is 0 Å². The average Bonchev–Trinajstić information content (AvgIpc) is 3.35. The van der Waals surface area contributed by atoms with Gasteiger partial charge in [0.1, 0.15) is 17.2 Å². The van der Waals surface area contributed by atoms with Crippen molar-refractivity contribution < 1.29 is 28.6 Å². The number of esters is 2. The van der Waals surface area contributed by atoms with Gasteiger partial charge in [-0.2, -0.15) is 0 Å². The summed E-state index contributed by atoms with van der Waals surface area (Å²) in [5, 5.41) is 4.89. The predicted octanol–water partition coefficient (Wildman–Crippen LogP) is 6.58. The molecule has 0 saturated heterocycles. The smallest absolute Gasteiger partial charge is 0.407 e. The third-order valence-electron chi connectivity index (χ3n) is 5.88. The topological polar surface area (TPSA) is 117 Å². The molecule has 0 saturated carbocycles. The van der Waals surface area contributed by atoms with Crippen LogP contribution in [0.3, 0.4) is 0 Å². The number of amides is 1. The van der Waals surface area contributed by atoms with E-state index in [0.29, 0.717) is 28.2 Å². The van der Waals surface area contributed by atoms with Gasteiger partial charge in [0, 0.05) is 28.7 Å². The van der Waals surface area contributed by atoms with Crippen LogP contribution in [0.4, 0.5) is 4.79 Å². The molecule has 3 rings (SSSR count). The van der Waals surface area contributed by atoms with Crippen molar-refractivity contribution in [2.24, 2.45) is 5.92 Å². The second-order valence-electron chi connectivity index (χ2n) is 11.1. The highest BCUT2D eigenvalue weighted by atomic mass is 32.1. The number of carbonyl (C=O) groups is 3. The second kappa shape index (κ2) is 13.7. The van der Waals surface area contributed by atoms with Crippen molar-refractivity contribution in [1.82, 2.24) is 15.3 Å². The number of alkyl carbamates (subject to hydrolysis) is 1. The molecule has 1 amide bonds. The van der Waals surface area contributed by atoms with Crippen molar-refractivity contribution >= 4 is 29.4 Å². The first-order valence-electron chi connectivity index (χ1n) is 13.6. The van der Waals surface area contributed by atoms with Gasteiger partial charge in [-0.05, 0) is 59.4 Å².